The fraction of sp³-hybridized carbons (Fsp3) is 0.500. The fourth-order valence-corrected chi connectivity index (χ4v) is 2.52. The minimum absolute atomic E-state index is 0.00743. The number of piperidine rings is 1. The minimum Gasteiger partial charge on any atom is -0.348 e. The van der Waals surface area contributed by atoms with E-state index in [-0.39, 0.29) is 11.9 Å². The molecule has 1 aliphatic rings. The average molecular weight is 262 g/mol. The Hall–Kier alpha value is -1.59. The van der Waals surface area contributed by atoms with Crippen molar-refractivity contribution in [3.8, 4) is 0 Å². The fourth-order valence-electron chi connectivity index (χ4n) is 2.52. The van der Waals surface area contributed by atoms with Crippen molar-refractivity contribution in [1.82, 2.24) is 10.2 Å². The number of nitrogen functional groups attached to an aromatic ring is 1. The van der Waals surface area contributed by atoms with Crippen LogP contribution in [-0.4, -0.2) is 37.0 Å². The Morgan fingerprint density at radius 3 is 2.89 bits per heavy atom. The minimum atomic E-state index is -0.00743. The second kappa shape index (κ2) is 6.04. The molecule has 5 heteroatoms. The highest BCUT2D eigenvalue weighted by Crippen LogP contribution is 2.16. The quantitative estimate of drug-likeness (QED) is 0.563. The number of anilines is 1. The van der Waals surface area contributed by atoms with Crippen molar-refractivity contribution in [1.29, 1.82) is 0 Å². The van der Waals surface area contributed by atoms with Crippen LogP contribution >= 0.6 is 0 Å². The molecule has 19 heavy (non-hydrogen) atoms. The number of aryl methyl sites for hydroxylation is 1. The number of carbonyl (C=O) groups is 1. The molecule has 0 radical (unpaired) electrons. The number of benzene rings is 1. The van der Waals surface area contributed by atoms with Crippen molar-refractivity contribution in [2.45, 2.75) is 25.8 Å². The zero-order valence-corrected chi connectivity index (χ0v) is 11.6. The number of rotatable bonds is 3. The molecule has 5 nitrogen and oxygen atoms in total. The van der Waals surface area contributed by atoms with Gasteiger partial charge in [0, 0.05) is 18.2 Å². The first-order chi connectivity index (χ1) is 9.10. The first-order valence-electron chi connectivity index (χ1n) is 6.67. The monoisotopic (exact) mass is 262 g/mol. The molecule has 1 saturated heterocycles. The summed E-state index contributed by atoms with van der Waals surface area (Å²) in [5.74, 6) is 5.38. The Labute approximate surface area is 114 Å². The summed E-state index contributed by atoms with van der Waals surface area (Å²) in [7, 11) is 2.09. The molecule has 1 aliphatic heterocycles. The standard InChI is InChI=1S/C14H22N4O/c1-10-8-11(5-6-13(10)17-15)14(19)16-12-4-3-7-18(2)9-12/h5-6,8,12,17H,3-4,7,9,15H2,1-2H3,(H,16,19). The predicted molar refractivity (Wildman–Crippen MR) is 77.0 cm³/mol. The van der Waals surface area contributed by atoms with E-state index in [1.807, 2.05) is 19.1 Å². The van der Waals surface area contributed by atoms with Gasteiger partial charge in [-0.25, -0.2) is 0 Å². The van der Waals surface area contributed by atoms with Crippen LogP contribution in [0.5, 0.6) is 0 Å². The van der Waals surface area contributed by atoms with Crippen LogP contribution in [0.15, 0.2) is 18.2 Å². The molecule has 0 saturated carbocycles. The van der Waals surface area contributed by atoms with Gasteiger partial charge in [0.25, 0.3) is 5.91 Å². The third-order valence-electron chi connectivity index (χ3n) is 3.60. The summed E-state index contributed by atoms with van der Waals surface area (Å²) < 4.78 is 0. The normalized spacial score (nSPS) is 20.1. The molecule has 0 aliphatic carbocycles. The topological polar surface area (TPSA) is 70.4 Å². The Morgan fingerprint density at radius 2 is 2.26 bits per heavy atom. The molecule has 0 aromatic heterocycles. The maximum Gasteiger partial charge on any atom is 0.251 e. The molecule has 1 heterocycles. The molecule has 1 atom stereocenters. The molecule has 1 aromatic rings. The molecular formula is C14H22N4O. The number of hydrogen-bond acceptors (Lipinski definition) is 4. The van der Waals surface area contributed by atoms with Gasteiger partial charge >= 0.3 is 0 Å². The molecule has 2 rings (SSSR count). The molecule has 4 N–H and O–H groups in total. The van der Waals surface area contributed by atoms with E-state index in [2.05, 4.69) is 22.7 Å². The van der Waals surface area contributed by atoms with Gasteiger partial charge in [0.15, 0.2) is 0 Å². The number of likely N-dealkylation sites (N-methyl/N-ethyl adjacent to an activating group) is 1. The number of carbonyl (C=O) groups excluding carboxylic acids is 1. The van der Waals surface area contributed by atoms with Gasteiger partial charge in [-0.1, -0.05) is 0 Å². The van der Waals surface area contributed by atoms with Crippen molar-refractivity contribution >= 4 is 11.6 Å². The Bertz CT molecular complexity index is 461. The lowest BCUT2D eigenvalue weighted by atomic mass is 10.0. The zero-order valence-electron chi connectivity index (χ0n) is 11.6. The summed E-state index contributed by atoms with van der Waals surface area (Å²) in [6.45, 7) is 3.97. The molecule has 0 spiro atoms. The number of hydrogen-bond donors (Lipinski definition) is 3. The van der Waals surface area contributed by atoms with E-state index in [4.69, 9.17) is 5.84 Å². The van der Waals surface area contributed by atoms with Gasteiger partial charge in [0.05, 0.1) is 5.69 Å². The highest BCUT2D eigenvalue weighted by Gasteiger charge is 2.19. The summed E-state index contributed by atoms with van der Waals surface area (Å²) in [5, 5.41) is 3.10. The third kappa shape index (κ3) is 3.45. The molecule has 104 valence electrons. The lowest BCUT2D eigenvalue weighted by Gasteiger charge is -2.30. The van der Waals surface area contributed by atoms with Crippen molar-refractivity contribution in [2.75, 3.05) is 25.6 Å². The van der Waals surface area contributed by atoms with Gasteiger partial charge in [-0.15, -0.1) is 0 Å². The highest BCUT2D eigenvalue weighted by molar-refractivity contribution is 5.95. The van der Waals surface area contributed by atoms with Crippen LogP contribution in [-0.2, 0) is 0 Å². The van der Waals surface area contributed by atoms with Gasteiger partial charge in [-0.2, -0.15) is 0 Å². The first-order valence-corrected chi connectivity index (χ1v) is 6.67. The van der Waals surface area contributed by atoms with E-state index in [1.165, 1.54) is 0 Å². The van der Waals surface area contributed by atoms with Crippen LogP contribution in [0, 0.1) is 6.92 Å². The van der Waals surface area contributed by atoms with Crippen molar-refractivity contribution in [3.63, 3.8) is 0 Å². The number of hydrazine groups is 1. The number of nitrogens with zero attached hydrogens (tertiary/aromatic N) is 1. The zero-order chi connectivity index (χ0) is 13.8. The van der Waals surface area contributed by atoms with Crippen LogP contribution in [0.25, 0.3) is 0 Å². The lowest BCUT2D eigenvalue weighted by molar-refractivity contribution is 0.0912. The Morgan fingerprint density at radius 1 is 1.47 bits per heavy atom. The third-order valence-corrected chi connectivity index (χ3v) is 3.60. The molecule has 1 fully saturated rings. The van der Waals surface area contributed by atoms with Gasteiger partial charge < -0.3 is 15.6 Å². The maximum atomic E-state index is 12.2. The summed E-state index contributed by atoms with van der Waals surface area (Å²) in [5.41, 5.74) is 5.11. The second-order valence-electron chi connectivity index (χ2n) is 5.25. The predicted octanol–water partition coefficient (Wildman–Crippen LogP) is 1.10. The lowest BCUT2D eigenvalue weighted by Crippen LogP contribution is -2.46. The maximum absolute atomic E-state index is 12.2. The Balaban J connectivity index is 2.01. The van der Waals surface area contributed by atoms with Crippen LogP contribution in [0.4, 0.5) is 5.69 Å². The van der Waals surface area contributed by atoms with E-state index in [9.17, 15) is 4.79 Å². The van der Waals surface area contributed by atoms with Crippen molar-refractivity contribution in [3.05, 3.63) is 29.3 Å². The summed E-state index contributed by atoms with van der Waals surface area (Å²) in [6, 6.07) is 5.73. The van der Waals surface area contributed by atoms with E-state index < -0.39 is 0 Å². The van der Waals surface area contributed by atoms with Gasteiger partial charge in [0.2, 0.25) is 0 Å². The van der Waals surface area contributed by atoms with E-state index >= 15 is 0 Å². The Kier molecular flexibility index (Phi) is 4.39. The number of nitrogens with one attached hydrogen (secondary N) is 2. The molecule has 1 aromatic carbocycles. The molecule has 1 amide bonds. The van der Waals surface area contributed by atoms with Crippen molar-refractivity contribution < 1.29 is 4.79 Å². The number of likely N-dealkylation sites (tertiary alicyclic amines) is 1. The molecular weight excluding hydrogens is 240 g/mol. The number of amides is 1. The first kappa shape index (κ1) is 13.8. The van der Waals surface area contributed by atoms with Crippen LogP contribution in [0.2, 0.25) is 0 Å². The highest BCUT2D eigenvalue weighted by atomic mass is 16.1. The smallest absolute Gasteiger partial charge is 0.251 e. The van der Waals surface area contributed by atoms with E-state index in [0.29, 0.717) is 5.56 Å². The van der Waals surface area contributed by atoms with Gasteiger partial charge in [0.1, 0.15) is 0 Å². The van der Waals surface area contributed by atoms with Crippen LogP contribution < -0.4 is 16.6 Å². The molecule has 0 bridgehead atoms. The second-order valence-corrected chi connectivity index (χ2v) is 5.25. The summed E-state index contributed by atoms with van der Waals surface area (Å²) in [4.78, 5) is 14.4. The SMILES string of the molecule is Cc1cc(C(=O)NC2CCCN(C)C2)ccc1NN. The average Bonchev–Trinajstić information content (AvgIpc) is 2.38. The van der Waals surface area contributed by atoms with Gasteiger partial charge in [-0.3, -0.25) is 10.6 Å². The largest absolute Gasteiger partial charge is 0.348 e. The van der Waals surface area contributed by atoms with E-state index in [0.717, 1.165) is 37.2 Å². The van der Waals surface area contributed by atoms with E-state index in [1.54, 1.807) is 6.07 Å². The molecule has 1 unspecified atom stereocenters. The van der Waals surface area contributed by atoms with Crippen molar-refractivity contribution in [2.24, 2.45) is 5.84 Å². The summed E-state index contributed by atoms with van der Waals surface area (Å²) in [6.07, 6.45) is 2.19. The summed E-state index contributed by atoms with van der Waals surface area (Å²) >= 11 is 0. The van der Waals surface area contributed by atoms with Crippen LogP contribution in [0.3, 0.4) is 0 Å². The number of nitrogens with two attached hydrogens (primary N) is 1. The van der Waals surface area contributed by atoms with Gasteiger partial charge in [-0.05, 0) is 57.1 Å². The van der Waals surface area contributed by atoms with Crippen LogP contribution in [0.1, 0.15) is 28.8 Å².